The Labute approximate surface area is 272 Å². The second kappa shape index (κ2) is 12.7. The van der Waals surface area contributed by atoms with Gasteiger partial charge < -0.3 is 18.9 Å². The van der Waals surface area contributed by atoms with E-state index < -0.39 is 23.9 Å². The highest BCUT2D eigenvalue weighted by Crippen LogP contribution is 2.41. The van der Waals surface area contributed by atoms with E-state index in [-0.39, 0.29) is 33.5 Å². The summed E-state index contributed by atoms with van der Waals surface area (Å²) in [6.45, 7) is 16.6. The highest BCUT2D eigenvalue weighted by Gasteiger charge is 2.34. The topological polar surface area (TPSA) is 122 Å². The molecule has 3 aromatic rings. The summed E-state index contributed by atoms with van der Waals surface area (Å²) in [6, 6.07) is 7.83. The minimum atomic E-state index is -0.896. The Morgan fingerprint density at radius 1 is 0.891 bits per heavy atom. The third-order valence-corrected chi connectivity index (χ3v) is 8.44. The number of fused-ring (bicyclic) bond motifs is 1. The minimum absolute atomic E-state index is 0.194. The predicted molar refractivity (Wildman–Crippen MR) is 175 cm³/mol. The molecule has 1 aliphatic heterocycles. The molecule has 0 fully saturated rings. The van der Waals surface area contributed by atoms with E-state index in [2.05, 4.69) is 4.99 Å². The Bertz CT molecular complexity index is 1920. The zero-order chi connectivity index (χ0) is 34.3. The van der Waals surface area contributed by atoms with Crippen LogP contribution in [0, 0.1) is 0 Å². The SMILES string of the molecule is COC(=O)C1=C(C)N=c2s/c(=C\c3cc(C(C)(C)C)c(OC(C)=O)c(C(C)(C)C)c3)c(=O)n2C1c1ccc(OC(C)=O)c(OC)c1. The van der Waals surface area contributed by atoms with Crippen LogP contribution in [-0.4, -0.2) is 36.7 Å². The summed E-state index contributed by atoms with van der Waals surface area (Å²) >= 11 is 1.20. The van der Waals surface area contributed by atoms with Crippen LogP contribution < -0.4 is 29.1 Å². The molecule has 4 rings (SSSR count). The number of thiazole rings is 1. The standard InChI is InChI=1S/C35H40N2O8S/c1-18-28(32(41)43-11)29(22-12-13-25(44-19(2)38)26(17-22)42-10)37-31(40)27(46-33(37)36-18)16-21-14-23(34(4,5)6)30(45-20(3)39)24(15-21)35(7,8)9/h12-17,29H,1-11H3/b27-16-. The normalized spacial score (nSPS) is 15.2. The van der Waals surface area contributed by atoms with E-state index in [0.717, 1.165) is 16.7 Å². The summed E-state index contributed by atoms with van der Waals surface area (Å²) in [4.78, 5) is 56.2. The number of hydrogen-bond acceptors (Lipinski definition) is 10. The van der Waals surface area contributed by atoms with Gasteiger partial charge in [0.2, 0.25) is 0 Å². The first-order valence-corrected chi connectivity index (χ1v) is 15.5. The van der Waals surface area contributed by atoms with E-state index in [1.54, 1.807) is 31.2 Å². The lowest BCUT2D eigenvalue weighted by Gasteiger charge is -2.29. The second-order valence-corrected chi connectivity index (χ2v) is 14.1. The molecule has 0 aliphatic carbocycles. The van der Waals surface area contributed by atoms with Gasteiger partial charge in [-0.2, -0.15) is 0 Å². The van der Waals surface area contributed by atoms with Gasteiger partial charge in [-0.15, -0.1) is 0 Å². The number of benzene rings is 2. The van der Waals surface area contributed by atoms with Gasteiger partial charge in [0.15, 0.2) is 16.3 Å². The Kier molecular flexibility index (Phi) is 9.49. The molecule has 0 N–H and O–H groups in total. The van der Waals surface area contributed by atoms with Crippen molar-refractivity contribution in [1.82, 2.24) is 4.57 Å². The molecule has 46 heavy (non-hydrogen) atoms. The Morgan fingerprint density at radius 2 is 1.48 bits per heavy atom. The van der Waals surface area contributed by atoms with Crippen molar-refractivity contribution in [2.24, 2.45) is 4.99 Å². The number of allylic oxidation sites excluding steroid dienone is 1. The highest BCUT2D eigenvalue weighted by molar-refractivity contribution is 7.07. The van der Waals surface area contributed by atoms with E-state index in [0.29, 0.717) is 26.3 Å². The molecule has 244 valence electrons. The number of nitrogens with zero attached hydrogens (tertiary/aromatic N) is 2. The van der Waals surface area contributed by atoms with Crippen LogP contribution in [-0.2, 0) is 30.0 Å². The Morgan fingerprint density at radius 3 is 1.98 bits per heavy atom. The lowest BCUT2D eigenvalue weighted by atomic mass is 9.78. The second-order valence-electron chi connectivity index (χ2n) is 13.1. The van der Waals surface area contributed by atoms with Gasteiger partial charge >= 0.3 is 17.9 Å². The zero-order valence-corrected chi connectivity index (χ0v) is 28.9. The third-order valence-electron chi connectivity index (χ3n) is 7.45. The van der Waals surface area contributed by atoms with Crippen molar-refractivity contribution < 1.29 is 33.3 Å². The fourth-order valence-corrected chi connectivity index (χ4v) is 6.40. The van der Waals surface area contributed by atoms with Crippen LogP contribution in [0.25, 0.3) is 6.08 Å². The van der Waals surface area contributed by atoms with Crippen molar-refractivity contribution in [2.45, 2.75) is 79.2 Å². The van der Waals surface area contributed by atoms with E-state index in [1.165, 1.54) is 44.0 Å². The van der Waals surface area contributed by atoms with Crippen molar-refractivity contribution in [2.75, 3.05) is 14.2 Å². The molecule has 1 aliphatic rings. The lowest BCUT2D eigenvalue weighted by Crippen LogP contribution is -2.39. The third kappa shape index (κ3) is 6.84. The summed E-state index contributed by atoms with van der Waals surface area (Å²) in [5, 5.41) is 0. The molecule has 2 heterocycles. The van der Waals surface area contributed by atoms with Gasteiger partial charge in [0.05, 0.1) is 36.1 Å². The zero-order valence-electron chi connectivity index (χ0n) is 28.1. The van der Waals surface area contributed by atoms with Crippen molar-refractivity contribution in [3.63, 3.8) is 0 Å². The molecule has 10 nitrogen and oxygen atoms in total. The lowest BCUT2D eigenvalue weighted by molar-refractivity contribution is -0.136. The van der Waals surface area contributed by atoms with Crippen LogP contribution in [0.15, 0.2) is 51.4 Å². The van der Waals surface area contributed by atoms with Gasteiger partial charge in [-0.3, -0.25) is 19.0 Å². The molecule has 0 bridgehead atoms. The Balaban J connectivity index is 2.02. The number of rotatable bonds is 6. The maximum absolute atomic E-state index is 14.2. The highest BCUT2D eigenvalue weighted by atomic mass is 32.1. The number of carbonyl (C=O) groups excluding carboxylic acids is 3. The van der Waals surface area contributed by atoms with Crippen LogP contribution >= 0.6 is 11.3 Å². The van der Waals surface area contributed by atoms with E-state index in [9.17, 15) is 19.2 Å². The maximum atomic E-state index is 14.2. The first-order valence-electron chi connectivity index (χ1n) is 14.7. The quantitative estimate of drug-likeness (QED) is 0.274. The average Bonchev–Trinajstić information content (AvgIpc) is 3.24. The van der Waals surface area contributed by atoms with Crippen molar-refractivity contribution >= 4 is 35.3 Å². The number of hydrogen-bond donors (Lipinski definition) is 0. The molecule has 0 saturated carbocycles. The summed E-state index contributed by atoms with van der Waals surface area (Å²) in [5.41, 5.74) is 2.42. The number of ether oxygens (including phenoxy) is 4. The van der Waals surface area contributed by atoms with Crippen molar-refractivity contribution in [1.29, 1.82) is 0 Å². The molecule has 2 aromatic carbocycles. The largest absolute Gasteiger partial charge is 0.493 e. The number of esters is 3. The molecule has 1 unspecified atom stereocenters. The summed E-state index contributed by atoms with van der Waals surface area (Å²) in [5.74, 6) is -0.578. The van der Waals surface area contributed by atoms with Gasteiger partial charge in [0, 0.05) is 25.0 Å². The van der Waals surface area contributed by atoms with Crippen LogP contribution in [0.4, 0.5) is 0 Å². The predicted octanol–water partition coefficient (Wildman–Crippen LogP) is 4.86. The molecule has 0 saturated heterocycles. The molecule has 11 heteroatoms. The van der Waals surface area contributed by atoms with E-state index in [4.69, 9.17) is 18.9 Å². The summed E-state index contributed by atoms with van der Waals surface area (Å²) < 4.78 is 23.5. The van der Waals surface area contributed by atoms with Gasteiger partial charge in [0.25, 0.3) is 5.56 Å². The number of aromatic nitrogens is 1. The van der Waals surface area contributed by atoms with Crippen LogP contribution in [0.3, 0.4) is 0 Å². The maximum Gasteiger partial charge on any atom is 0.338 e. The van der Waals surface area contributed by atoms with Crippen LogP contribution in [0.2, 0.25) is 0 Å². The monoisotopic (exact) mass is 648 g/mol. The van der Waals surface area contributed by atoms with Crippen molar-refractivity contribution in [3.05, 3.63) is 83.5 Å². The van der Waals surface area contributed by atoms with E-state index in [1.807, 2.05) is 53.7 Å². The summed E-state index contributed by atoms with van der Waals surface area (Å²) in [7, 11) is 2.71. The first kappa shape index (κ1) is 34.4. The fraction of sp³-hybridized carbons (Fsp3) is 0.400. The van der Waals surface area contributed by atoms with Gasteiger partial charge in [-0.05, 0) is 59.2 Å². The minimum Gasteiger partial charge on any atom is -0.493 e. The molecular weight excluding hydrogens is 608 g/mol. The summed E-state index contributed by atoms with van der Waals surface area (Å²) in [6.07, 6.45) is 1.80. The van der Waals surface area contributed by atoms with Gasteiger partial charge in [-0.25, -0.2) is 9.79 Å². The number of carbonyl (C=O) groups is 3. The molecular formula is C35H40N2O8S. The van der Waals surface area contributed by atoms with Crippen molar-refractivity contribution in [3.8, 4) is 17.2 Å². The molecule has 1 aromatic heterocycles. The molecule has 1 atom stereocenters. The molecule has 0 radical (unpaired) electrons. The van der Waals surface area contributed by atoms with Crippen LogP contribution in [0.1, 0.15) is 90.6 Å². The molecule has 0 spiro atoms. The molecule has 0 amide bonds. The van der Waals surface area contributed by atoms with E-state index >= 15 is 0 Å². The average molecular weight is 649 g/mol. The van der Waals surface area contributed by atoms with Crippen LogP contribution in [0.5, 0.6) is 17.2 Å². The smallest absolute Gasteiger partial charge is 0.338 e. The first-order chi connectivity index (χ1) is 21.4. The van der Waals surface area contributed by atoms with Gasteiger partial charge in [0.1, 0.15) is 5.75 Å². The fourth-order valence-electron chi connectivity index (χ4n) is 5.36. The number of methoxy groups -OCH3 is 2. The van der Waals surface area contributed by atoms with Gasteiger partial charge in [-0.1, -0.05) is 58.9 Å². The Hall–Kier alpha value is -4.51.